The van der Waals surface area contributed by atoms with Crippen molar-refractivity contribution in [2.75, 3.05) is 0 Å². The summed E-state index contributed by atoms with van der Waals surface area (Å²) in [5.74, 6) is 6.92. The van der Waals surface area contributed by atoms with Crippen LogP contribution < -0.4 is 0 Å². The maximum atomic E-state index is 6.97. The van der Waals surface area contributed by atoms with Crippen LogP contribution in [-0.4, -0.2) is 13.9 Å². The van der Waals surface area contributed by atoms with Crippen LogP contribution in [0.1, 0.15) is 52.0 Å². The molecule has 0 atom stereocenters. The van der Waals surface area contributed by atoms with Crippen LogP contribution in [-0.2, 0) is 4.43 Å². The van der Waals surface area contributed by atoms with Gasteiger partial charge in [-0.15, -0.1) is 13.2 Å². The van der Waals surface area contributed by atoms with Crippen LogP contribution in [0.3, 0.4) is 0 Å². The van der Waals surface area contributed by atoms with Gasteiger partial charge in [-0.2, -0.15) is 0 Å². The molecule has 0 aromatic heterocycles. The van der Waals surface area contributed by atoms with Crippen LogP contribution in [0, 0.1) is 11.8 Å². The Morgan fingerprint density at radius 3 is 1.92 bits per heavy atom. The Bertz CT molecular complexity index is 555. The Morgan fingerprint density at radius 2 is 1.48 bits per heavy atom. The molecule has 0 saturated carbocycles. The van der Waals surface area contributed by atoms with Crippen molar-refractivity contribution in [2.24, 2.45) is 0 Å². The number of hydrogen-bond acceptors (Lipinski definition) is 1. The first-order valence-electron chi connectivity index (χ1n) is 9.59. The molecule has 1 rings (SSSR count). The van der Waals surface area contributed by atoms with E-state index in [-0.39, 0.29) is 0 Å². The fourth-order valence-corrected chi connectivity index (χ4v) is 6.15. The summed E-state index contributed by atoms with van der Waals surface area (Å²) in [4.78, 5) is 0. The highest BCUT2D eigenvalue weighted by atomic mass is 28.4. The second kappa shape index (κ2) is 11.1. The number of benzene rings is 1. The second-order valence-electron chi connectivity index (χ2n) is 6.61. The first kappa shape index (κ1) is 21.5. The summed E-state index contributed by atoms with van der Waals surface area (Å²) in [5.41, 5.74) is 0.649. The zero-order chi connectivity index (χ0) is 18.6. The molecule has 0 heterocycles. The predicted octanol–water partition coefficient (Wildman–Crippen LogP) is 6.73. The van der Waals surface area contributed by atoms with Crippen molar-refractivity contribution in [3.05, 3.63) is 61.2 Å². The molecule has 0 unspecified atom stereocenters. The lowest BCUT2D eigenvalue weighted by molar-refractivity contribution is 0.0987. The quantitative estimate of drug-likeness (QED) is 0.243. The highest BCUT2D eigenvalue weighted by Gasteiger charge is 2.39. The van der Waals surface area contributed by atoms with Crippen molar-refractivity contribution in [1.82, 2.24) is 0 Å². The Kier molecular flexibility index (Phi) is 9.56. The van der Waals surface area contributed by atoms with Crippen LogP contribution in [0.5, 0.6) is 0 Å². The number of allylic oxidation sites excluding steroid dienone is 2. The first-order chi connectivity index (χ1) is 12.1. The van der Waals surface area contributed by atoms with E-state index in [4.69, 9.17) is 4.43 Å². The van der Waals surface area contributed by atoms with Crippen molar-refractivity contribution >= 4 is 8.32 Å². The van der Waals surface area contributed by atoms with Gasteiger partial charge in [0.25, 0.3) is 0 Å². The Hall–Kier alpha value is -1.56. The maximum Gasteiger partial charge on any atom is 0.194 e. The third-order valence-electron chi connectivity index (χ3n) is 5.06. The van der Waals surface area contributed by atoms with E-state index >= 15 is 0 Å². The smallest absolute Gasteiger partial charge is 0.194 e. The predicted molar refractivity (Wildman–Crippen MR) is 113 cm³/mol. The summed E-state index contributed by atoms with van der Waals surface area (Å²) in [7, 11) is -1.76. The molecular formula is C23H34OSi. The van der Waals surface area contributed by atoms with Crippen molar-refractivity contribution < 1.29 is 4.43 Å². The number of rotatable bonds is 11. The zero-order valence-corrected chi connectivity index (χ0v) is 17.3. The molecule has 0 aliphatic rings. The minimum atomic E-state index is -1.76. The third-order valence-corrected chi connectivity index (χ3v) is 9.75. The van der Waals surface area contributed by atoms with Gasteiger partial charge in [-0.3, -0.25) is 0 Å². The summed E-state index contributed by atoms with van der Waals surface area (Å²) < 4.78 is 6.97. The van der Waals surface area contributed by atoms with E-state index in [1.807, 2.05) is 30.4 Å². The van der Waals surface area contributed by atoms with Crippen LogP contribution in [0.2, 0.25) is 18.1 Å². The lowest BCUT2D eigenvalue weighted by Gasteiger charge is -2.39. The van der Waals surface area contributed by atoms with Crippen LogP contribution in [0.4, 0.5) is 0 Å². The summed E-state index contributed by atoms with van der Waals surface area (Å²) in [6.07, 6.45) is 7.59. The summed E-state index contributed by atoms with van der Waals surface area (Å²) in [6, 6.07) is 13.6. The highest BCUT2D eigenvalue weighted by Crippen LogP contribution is 2.34. The van der Waals surface area contributed by atoms with Crippen molar-refractivity contribution in [2.45, 2.75) is 70.2 Å². The fraction of sp³-hybridized carbons (Fsp3) is 0.478. The SMILES string of the molecule is C=CCCC(C#Cc1ccccc1)(CCC=C)O[Si](CC)(CC)CC. The van der Waals surface area contributed by atoms with Crippen molar-refractivity contribution in [3.8, 4) is 11.8 Å². The van der Waals surface area contributed by atoms with Gasteiger partial charge >= 0.3 is 0 Å². The van der Waals surface area contributed by atoms with Gasteiger partial charge in [-0.1, -0.05) is 63.0 Å². The third kappa shape index (κ3) is 6.69. The van der Waals surface area contributed by atoms with Gasteiger partial charge in [0.15, 0.2) is 8.32 Å². The van der Waals surface area contributed by atoms with E-state index in [2.05, 4.69) is 57.9 Å². The molecule has 1 nitrogen and oxygen atoms in total. The van der Waals surface area contributed by atoms with Gasteiger partial charge in [0.2, 0.25) is 0 Å². The maximum absolute atomic E-state index is 6.97. The Morgan fingerprint density at radius 1 is 0.960 bits per heavy atom. The normalized spacial score (nSPS) is 11.5. The fourth-order valence-electron chi connectivity index (χ4n) is 3.14. The zero-order valence-electron chi connectivity index (χ0n) is 16.3. The van der Waals surface area contributed by atoms with E-state index in [0.717, 1.165) is 49.4 Å². The average Bonchev–Trinajstić information content (AvgIpc) is 2.68. The van der Waals surface area contributed by atoms with Gasteiger partial charge in [0, 0.05) is 5.56 Å². The monoisotopic (exact) mass is 354 g/mol. The Labute approximate surface area is 156 Å². The lowest BCUT2D eigenvalue weighted by atomic mass is 9.92. The first-order valence-corrected chi connectivity index (χ1v) is 12.1. The van der Waals surface area contributed by atoms with Crippen LogP contribution in [0.15, 0.2) is 55.6 Å². The van der Waals surface area contributed by atoms with E-state index in [1.54, 1.807) is 0 Å². The van der Waals surface area contributed by atoms with E-state index < -0.39 is 13.9 Å². The van der Waals surface area contributed by atoms with E-state index in [1.165, 1.54) is 0 Å². The molecule has 2 heteroatoms. The van der Waals surface area contributed by atoms with Gasteiger partial charge in [0.1, 0.15) is 5.60 Å². The summed E-state index contributed by atoms with van der Waals surface area (Å²) in [6.45, 7) is 14.6. The molecule has 0 aliphatic carbocycles. The molecule has 0 amide bonds. The minimum Gasteiger partial charge on any atom is -0.401 e. The van der Waals surface area contributed by atoms with Crippen LogP contribution >= 0.6 is 0 Å². The largest absolute Gasteiger partial charge is 0.401 e. The minimum absolute atomic E-state index is 0.396. The molecule has 136 valence electrons. The lowest BCUT2D eigenvalue weighted by Crippen LogP contribution is -2.46. The van der Waals surface area contributed by atoms with Crippen molar-refractivity contribution in [3.63, 3.8) is 0 Å². The van der Waals surface area contributed by atoms with E-state index in [9.17, 15) is 0 Å². The summed E-state index contributed by atoms with van der Waals surface area (Å²) in [5, 5.41) is 0. The van der Waals surface area contributed by atoms with Crippen LogP contribution in [0.25, 0.3) is 0 Å². The van der Waals surface area contributed by atoms with Gasteiger partial charge in [-0.05, 0) is 55.9 Å². The number of hydrogen-bond donors (Lipinski definition) is 0. The Balaban J connectivity index is 3.27. The highest BCUT2D eigenvalue weighted by molar-refractivity contribution is 6.73. The van der Waals surface area contributed by atoms with Crippen molar-refractivity contribution in [1.29, 1.82) is 0 Å². The second-order valence-corrected chi connectivity index (χ2v) is 11.3. The van der Waals surface area contributed by atoms with Gasteiger partial charge in [-0.25, -0.2) is 0 Å². The molecule has 25 heavy (non-hydrogen) atoms. The van der Waals surface area contributed by atoms with Gasteiger partial charge in [0.05, 0.1) is 0 Å². The van der Waals surface area contributed by atoms with Gasteiger partial charge < -0.3 is 4.43 Å². The molecule has 0 fully saturated rings. The molecular weight excluding hydrogens is 320 g/mol. The molecule has 0 N–H and O–H groups in total. The average molecular weight is 355 g/mol. The standard InChI is InChI=1S/C23H34OSi/c1-6-11-19-23(20-12-7-2,24-25(8-3,9-4)10-5)21-18-22-16-14-13-15-17-22/h6-7,13-17H,1-2,8-12,19-20H2,3-5H3. The molecule has 1 aromatic rings. The summed E-state index contributed by atoms with van der Waals surface area (Å²) >= 11 is 0. The molecule has 0 saturated heterocycles. The molecule has 1 aromatic carbocycles. The van der Waals surface area contributed by atoms with E-state index in [0.29, 0.717) is 0 Å². The molecule has 0 bridgehead atoms. The molecule has 0 aliphatic heterocycles. The molecule has 0 radical (unpaired) electrons. The molecule has 0 spiro atoms. The topological polar surface area (TPSA) is 9.23 Å².